The van der Waals surface area contributed by atoms with Gasteiger partial charge in [0.2, 0.25) is 21.8 Å². The van der Waals surface area contributed by atoms with Gasteiger partial charge in [0.1, 0.15) is 5.82 Å². The topological polar surface area (TPSA) is 99.7 Å². The molecule has 2 aliphatic heterocycles. The summed E-state index contributed by atoms with van der Waals surface area (Å²) in [5, 5.41) is 2.85. The maximum absolute atomic E-state index is 13.3. The van der Waals surface area contributed by atoms with Gasteiger partial charge in [-0.15, -0.1) is 0 Å². The number of piperidine rings is 1. The average Bonchev–Trinajstić information content (AvgIpc) is 3.60. The number of amides is 2. The van der Waals surface area contributed by atoms with Gasteiger partial charge in [-0.3, -0.25) is 9.59 Å². The minimum Gasteiger partial charge on any atom is -0.310 e. The fraction of sp³-hybridized carbons (Fsp3) is 0.480. The lowest BCUT2D eigenvalue weighted by Gasteiger charge is -2.30. The number of rotatable bonds is 5. The second-order valence-electron chi connectivity index (χ2n) is 9.66. The van der Waals surface area contributed by atoms with E-state index in [0.29, 0.717) is 38.2 Å². The van der Waals surface area contributed by atoms with Gasteiger partial charge in [0.25, 0.3) is 0 Å². The number of fused-ring (bicyclic) bond motifs is 1. The molecule has 1 aliphatic carbocycles. The van der Waals surface area contributed by atoms with Crippen molar-refractivity contribution in [1.29, 1.82) is 0 Å². The van der Waals surface area contributed by atoms with Crippen molar-refractivity contribution in [2.24, 2.45) is 11.8 Å². The van der Waals surface area contributed by atoms with Crippen molar-refractivity contribution in [3.8, 4) is 0 Å². The van der Waals surface area contributed by atoms with Gasteiger partial charge in [0.15, 0.2) is 0 Å². The zero-order valence-electron chi connectivity index (χ0n) is 19.5. The predicted octanol–water partition coefficient (Wildman–Crippen LogP) is 3.12. The summed E-state index contributed by atoms with van der Waals surface area (Å²) in [4.78, 5) is 31.7. The van der Waals surface area contributed by atoms with E-state index in [9.17, 15) is 18.0 Å². The maximum Gasteiger partial charge on any atom is 0.243 e. The molecule has 1 aromatic heterocycles. The average molecular weight is 483 g/mol. The van der Waals surface area contributed by atoms with Gasteiger partial charge in [-0.25, -0.2) is 13.4 Å². The van der Waals surface area contributed by atoms with Gasteiger partial charge >= 0.3 is 0 Å². The van der Waals surface area contributed by atoms with E-state index in [1.807, 2.05) is 30.9 Å². The summed E-state index contributed by atoms with van der Waals surface area (Å²) in [6.07, 6.45) is 3.47. The lowest BCUT2D eigenvalue weighted by Crippen LogP contribution is -2.41. The highest BCUT2D eigenvalue weighted by Gasteiger charge is 2.40. The molecule has 1 aromatic carbocycles. The number of sulfonamides is 1. The lowest BCUT2D eigenvalue weighted by molar-refractivity contribution is -0.121. The van der Waals surface area contributed by atoms with Crippen LogP contribution in [0.2, 0.25) is 0 Å². The SMILES string of the molecule is Cc1cccc(NC(=O)C2CCN(S(=O)(=O)c3ccc4c(c3)CC(C)N4C(=O)C3CC3)CC2)n1. The number of carbonyl (C=O) groups is 2. The first-order valence-corrected chi connectivity index (χ1v) is 13.4. The Bertz CT molecular complexity index is 1230. The zero-order chi connectivity index (χ0) is 24.0. The minimum atomic E-state index is -3.67. The summed E-state index contributed by atoms with van der Waals surface area (Å²) in [5.41, 5.74) is 2.56. The molecule has 0 bridgehead atoms. The van der Waals surface area contributed by atoms with Gasteiger partial charge in [0, 0.05) is 42.3 Å². The highest BCUT2D eigenvalue weighted by atomic mass is 32.2. The molecule has 9 heteroatoms. The minimum absolute atomic E-state index is 0.0400. The van der Waals surface area contributed by atoms with E-state index in [4.69, 9.17) is 0 Å². The van der Waals surface area contributed by atoms with E-state index in [2.05, 4.69) is 10.3 Å². The molecule has 180 valence electrons. The number of anilines is 2. The standard InChI is InChI=1S/C25H30N4O4S/c1-16-4-3-5-23(26-16)27-24(30)18-10-12-28(13-11-18)34(32,33)21-8-9-22-20(15-21)14-17(2)29(22)25(31)19-6-7-19/h3-5,8-9,15,17-19H,6-7,10-14H2,1-2H3,(H,26,27,30). The van der Waals surface area contributed by atoms with Crippen LogP contribution in [0.15, 0.2) is 41.3 Å². The molecule has 2 aromatic rings. The number of carbonyl (C=O) groups excluding carboxylic acids is 2. The van der Waals surface area contributed by atoms with Crippen LogP contribution in [-0.2, 0) is 26.0 Å². The molecule has 1 N–H and O–H groups in total. The van der Waals surface area contributed by atoms with E-state index in [1.54, 1.807) is 24.3 Å². The number of aryl methyl sites for hydroxylation is 1. The molecule has 8 nitrogen and oxygen atoms in total. The highest BCUT2D eigenvalue weighted by Crippen LogP contribution is 2.40. The molecule has 34 heavy (non-hydrogen) atoms. The molecule has 3 heterocycles. The molecular weight excluding hydrogens is 452 g/mol. The van der Waals surface area contributed by atoms with Crippen LogP contribution in [0.4, 0.5) is 11.5 Å². The lowest BCUT2D eigenvalue weighted by atomic mass is 9.97. The van der Waals surface area contributed by atoms with Crippen LogP contribution in [0.1, 0.15) is 43.9 Å². The Morgan fingerprint density at radius 1 is 1.03 bits per heavy atom. The normalized spacial score (nSPS) is 21.4. The van der Waals surface area contributed by atoms with Crippen LogP contribution in [0.5, 0.6) is 0 Å². The summed E-state index contributed by atoms with van der Waals surface area (Å²) in [7, 11) is -3.67. The first-order valence-electron chi connectivity index (χ1n) is 11.9. The fourth-order valence-electron chi connectivity index (χ4n) is 4.98. The van der Waals surface area contributed by atoms with Gasteiger partial charge in [0.05, 0.1) is 4.90 Å². The summed E-state index contributed by atoms with van der Waals surface area (Å²) < 4.78 is 28.2. The number of aromatic nitrogens is 1. The molecule has 5 rings (SSSR count). The number of nitrogens with one attached hydrogen (secondary N) is 1. The molecule has 0 spiro atoms. The second-order valence-corrected chi connectivity index (χ2v) is 11.6. The predicted molar refractivity (Wildman–Crippen MR) is 129 cm³/mol. The van der Waals surface area contributed by atoms with Gasteiger partial charge in [-0.1, -0.05) is 6.07 Å². The number of benzene rings is 1. The van der Waals surface area contributed by atoms with Crippen LogP contribution in [0, 0.1) is 18.8 Å². The van der Waals surface area contributed by atoms with Crippen LogP contribution < -0.4 is 10.2 Å². The Morgan fingerprint density at radius 2 is 1.76 bits per heavy atom. The van der Waals surface area contributed by atoms with E-state index in [1.165, 1.54) is 4.31 Å². The maximum atomic E-state index is 13.3. The van der Waals surface area contributed by atoms with E-state index in [-0.39, 0.29) is 34.6 Å². The molecule has 0 radical (unpaired) electrons. The molecule has 2 amide bonds. The summed E-state index contributed by atoms with van der Waals surface area (Å²) in [5.74, 6) is 0.417. The monoisotopic (exact) mass is 482 g/mol. The third-order valence-corrected chi connectivity index (χ3v) is 8.93. The number of nitrogens with zero attached hydrogens (tertiary/aromatic N) is 3. The van der Waals surface area contributed by atoms with Crippen LogP contribution >= 0.6 is 0 Å². The highest BCUT2D eigenvalue weighted by molar-refractivity contribution is 7.89. The van der Waals surface area contributed by atoms with Crippen LogP contribution in [0.25, 0.3) is 0 Å². The molecule has 1 atom stereocenters. The Hall–Kier alpha value is -2.78. The van der Waals surface area contributed by atoms with E-state index < -0.39 is 10.0 Å². The zero-order valence-corrected chi connectivity index (χ0v) is 20.3. The van der Waals surface area contributed by atoms with Crippen molar-refractivity contribution in [3.63, 3.8) is 0 Å². The van der Waals surface area contributed by atoms with Crippen molar-refractivity contribution in [3.05, 3.63) is 47.7 Å². The van der Waals surface area contributed by atoms with Crippen LogP contribution in [-0.4, -0.2) is 48.7 Å². The number of pyridine rings is 1. The van der Waals surface area contributed by atoms with Crippen molar-refractivity contribution >= 4 is 33.3 Å². The Labute approximate surface area is 200 Å². The van der Waals surface area contributed by atoms with Gasteiger partial charge < -0.3 is 10.2 Å². The summed E-state index contributed by atoms with van der Waals surface area (Å²) >= 11 is 0. The first-order chi connectivity index (χ1) is 16.2. The number of hydrogen-bond acceptors (Lipinski definition) is 5. The van der Waals surface area contributed by atoms with Crippen molar-refractivity contribution in [2.75, 3.05) is 23.3 Å². The Balaban J connectivity index is 1.25. The molecule has 3 aliphatic rings. The smallest absolute Gasteiger partial charge is 0.243 e. The fourth-order valence-corrected chi connectivity index (χ4v) is 6.50. The Kier molecular flexibility index (Phi) is 5.93. The quantitative estimate of drug-likeness (QED) is 0.706. The van der Waals surface area contributed by atoms with Crippen LogP contribution in [0.3, 0.4) is 0 Å². The van der Waals surface area contributed by atoms with E-state index in [0.717, 1.165) is 29.8 Å². The molecule has 1 saturated heterocycles. The first kappa shape index (κ1) is 23.0. The van der Waals surface area contributed by atoms with Crippen molar-refractivity contribution in [1.82, 2.24) is 9.29 Å². The van der Waals surface area contributed by atoms with Crippen molar-refractivity contribution < 1.29 is 18.0 Å². The second kappa shape index (κ2) is 8.78. The summed E-state index contributed by atoms with van der Waals surface area (Å²) in [6, 6.07) is 10.6. The van der Waals surface area contributed by atoms with Gasteiger partial charge in [-0.05, 0) is 81.8 Å². The molecule has 1 saturated carbocycles. The van der Waals surface area contributed by atoms with Gasteiger partial charge in [-0.2, -0.15) is 4.31 Å². The third kappa shape index (κ3) is 4.34. The Morgan fingerprint density at radius 3 is 2.44 bits per heavy atom. The third-order valence-electron chi connectivity index (χ3n) is 7.03. The van der Waals surface area contributed by atoms with E-state index >= 15 is 0 Å². The summed E-state index contributed by atoms with van der Waals surface area (Å²) in [6.45, 7) is 4.46. The molecule has 1 unspecified atom stereocenters. The largest absolute Gasteiger partial charge is 0.310 e. The number of hydrogen-bond donors (Lipinski definition) is 1. The van der Waals surface area contributed by atoms with Crippen molar-refractivity contribution in [2.45, 2.75) is 56.9 Å². The molecule has 2 fully saturated rings. The molecular formula is C25H30N4O4S.